The van der Waals surface area contributed by atoms with Crippen molar-refractivity contribution in [2.45, 2.75) is 26.4 Å². The van der Waals surface area contributed by atoms with Gasteiger partial charge in [-0.05, 0) is 38.7 Å². The van der Waals surface area contributed by atoms with Crippen molar-refractivity contribution < 1.29 is 14.6 Å². The van der Waals surface area contributed by atoms with Gasteiger partial charge >= 0.3 is 6.09 Å². The van der Waals surface area contributed by atoms with Gasteiger partial charge < -0.3 is 19.8 Å². The fourth-order valence-electron chi connectivity index (χ4n) is 2.94. The predicted molar refractivity (Wildman–Crippen MR) is 114 cm³/mol. The van der Waals surface area contributed by atoms with Gasteiger partial charge in [-0.25, -0.2) is 9.69 Å². The van der Waals surface area contributed by atoms with Gasteiger partial charge in [-0.2, -0.15) is 24.3 Å². The lowest BCUT2D eigenvalue weighted by atomic mass is 10.1. The number of carbonyl (C=O) groups excluding carboxylic acids is 1. The van der Waals surface area contributed by atoms with Crippen molar-refractivity contribution in [3.05, 3.63) is 77.2 Å². The average molecular weight is 406 g/mol. The van der Waals surface area contributed by atoms with E-state index in [-0.39, 0.29) is 5.76 Å². The van der Waals surface area contributed by atoms with E-state index >= 15 is 0 Å². The van der Waals surface area contributed by atoms with Crippen LogP contribution in [-0.4, -0.2) is 37.0 Å². The molecule has 0 fully saturated rings. The van der Waals surface area contributed by atoms with Crippen molar-refractivity contribution in [1.29, 1.82) is 0 Å². The molecule has 0 unspecified atom stereocenters. The van der Waals surface area contributed by atoms with Crippen molar-refractivity contribution in [1.82, 2.24) is 14.9 Å². The summed E-state index contributed by atoms with van der Waals surface area (Å²) in [6, 6.07) is 13.1. The molecule has 0 bridgehead atoms. The van der Waals surface area contributed by atoms with Crippen LogP contribution < -0.4 is 0 Å². The van der Waals surface area contributed by atoms with Gasteiger partial charge in [0.1, 0.15) is 11.3 Å². The zero-order chi connectivity index (χ0) is 20.6. The lowest BCUT2D eigenvalue weighted by molar-refractivity contribution is 0.0366. The van der Waals surface area contributed by atoms with E-state index in [4.69, 9.17) is 4.74 Å². The second-order valence-corrected chi connectivity index (χ2v) is 8.39. The number of fused-ring (bicyclic) bond motifs is 1. The number of hydrogen-bond donors (Lipinski definition) is 1. The average Bonchev–Trinajstić information content (AvgIpc) is 3.31. The molecule has 0 aromatic carbocycles. The Kier molecular flexibility index (Phi) is 4.76. The van der Waals surface area contributed by atoms with Gasteiger partial charge in [-0.1, -0.05) is 11.8 Å². The van der Waals surface area contributed by atoms with Crippen LogP contribution in [0.1, 0.15) is 32.0 Å². The Labute approximate surface area is 173 Å². The van der Waals surface area contributed by atoms with Crippen LogP contribution in [0.15, 0.2) is 60.6 Å². The number of carbonyl (C=O) groups is 1. The number of allylic oxidation sites excluding steroid dienone is 1. The topological polar surface area (TPSA) is 75.5 Å². The number of rotatable bonds is 2. The third-order valence-corrected chi connectivity index (χ3v) is 5.15. The number of aromatic nitrogens is 2. The first kappa shape index (κ1) is 19.0. The van der Waals surface area contributed by atoms with E-state index in [1.807, 2.05) is 30.3 Å². The molecule has 4 rings (SSSR count). The quantitative estimate of drug-likeness (QED) is 0.227. The van der Waals surface area contributed by atoms with Crippen LogP contribution in [-0.2, 0) is 16.1 Å². The Morgan fingerprint density at radius 3 is 2.86 bits per heavy atom. The highest BCUT2D eigenvalue weighted by Crippen LogP contribution is 2.34. The van der Waals surface area contributed by atoms with Gasteiger partial charge in [0.25, 0.3) is 0 Å². The number of pyridine rings is 1. The maximum Gasteiger partial charge on any atom is 0.412 e. The third kappa shape index (κ3) is 3.82. The lowest BCUT2D eigenvalue weighted by Crippen LogP contribution is -2.37. The molecular formula is C22H20N3O3S-. The first-order chi connectivity index (χ1) is 13.8. The fraction of sp³-hybridized carbons (Fsp3) is 0.182. The van der Waals surface area contributed by atoms with E-state index in [0.29, 0.717) is 16.8 Å². The number of aliphatic hydroxyl groups is 1. The molecule has 0 spiro atoms. The maximum absolute atomic E-state index is 13.0. The van der Waals surface area contributed by atoms with Crippen LogP contribution in [0.3, 0.4) is 0 Å². The molecule has 1 aromatic heterocycles. The predicted octanol–water partition coefficient (Wildman–Crippen LogP) is 4.20. The Balaban J connectivity index is 1.78. The molecule has 0 saturated carbocycles. The molecule has 0 saturated heterocycles. The molecule has 1 aliphatic carbocycles. The van der Waals surface area contributed by atoms with Crippen LogP contribution in [0.5, 0.6) is 0 Å². The van der Waals surface area contributed by atoms with Gasteiger partial charge in [-0.15, -0.1) is 17.7 Å². The van der Waals surface area contributed by atoms with Crippen LogP contribution >= 0.6 is 0 Å². The normalized spacial score (nSPS) is 15.8. The highest BCUT2D eigenvalue weighted by atomic mass is 32.1. The highest BCUT2D eigenvalue weighted by molar-refractivity contribution is 7.81. The van der Waals surface area contributed by atoms with Crippen molar-refractivity contribution in [3.63, 3.8) is 0 Å². The molecule has 148 valence electrons. The van der Waals surface area contributed by atoms with Gasteiger partial charge in [0.15, 0.2) is 17.1 Å². The van der Waals surface area contributed by atoms with Gasteiger partial charge in [0.05, 0.1) is 5.69 Å². The molecular weight excluding hydrogens is 386 g/mol. The minimum absolute atomic E-state index is 0.0848. The van der Waals surface area contributed by atoms with E-state index in [2.05, 4.69) is 9.97 Å². The monoisotopic (exact) mass is 406 g/mol. The largest absolute Gasteiger partial charge is 0.504 e. The molecule has 1 N–H and O–H groups in total. The summed E-state index contributed by atoms with van der Waals surface area (Å²) in [4.78, 5) is 23.0. The van der Waals surface area contributed by atoms with Crippen molar-refractivity contribution in [2.75, 3.05) is 0 Å². The summed E-state index contributed by atoms with van der Waals surface area (Å²) in [6.07, 6.45) is 2.76. The molecule has 29 heavy (non-hydrogen) atoms. The van der Waals surface area contributed by atoms with Crippen LogP contribution in [0, 0.1) is 5.37 Å². The Morgan fingerprint density at radius 2 is 2.17 bits per heavy atom. The molecule has 1 aromatic rings. The first-order valence-electron chi connectivity index (χ1n) is 9.10. The Morgan fingerprint density at radius 1 is 1.34 bits per heavy atom. The standard InChI is InChI=1S/C22H20N3O3S/c1-22(2,3)28-21(27)25-18(13-29-20(25)15-8-6-10-23-12-15)19(26)17-11-14-7-4-5-9-16(14)24-17/h4-13,26H,1-3H3/q-1. The van der Waals surface area contributed by atoms with Crippen LogP contribution in [0.2, 0.25) is 0 Å². The molecule has 6 nitrogen and oxygen atoms in total. The number of amides is 1. The summed E-state index contributed by atoms with van der Waals surface area (Å²) in [6.45, 7) is 5.41. The summed E-state index contributed by atoms with van der Waals surface area (Å²) in [7, 11) is 0. The van der Waals surface area contributed by atoms with Crippen LogP contribution in [0.25, 0.3) is 17.0 Å². The second-order valence-electron chi connectivity index (χ2n) is 7.53. The van der Waals surface area contributed by atoms with E-state index in [9.17, 15) is 9.90 Å². The van der Waals surface area contributed by atoms with E-state index in [1.54, 1.807) is 50.7 Å². The number of para-hydroxylation sites is 1. The molecule has 2 aliphatic heterocycles. The first-order valence-corrected chi connectivity index (χ1v) is 9.98. The van der Waals surface area contributed by atoms with E-state index < -0.39 is 11.7 Å². The minimum Gasteiger partial charge on any atom is -0.504 e. The summed E-state index contributed by atoms with van der Waals surface area (Å²) < 4.78 is 5.60. The maximum atomic E-state index is 13.0. The third-order valence-electron chi connectivity index (χ3n) is 4.17. The van der Waals surface area contributed by atoms with Gasteiger partial charge in [-0.3, -0.25) is 0 Å². The number of benzene rings is 1. The smallest absolute Gasteiger partial charge is 0.412 e. The number of hydrogen-bond acceptors (Lipinski definition) is 5. The molecule has 1 amide bonds. The fourth-order valence-corrected chi connectivity index (χ4v) is 3.91. The van der Waals surface area contributed by atoms with Gasteiger partial charge in [0.2, 0.25) is 10.7 Å². The summed E-state index contributed by atoms with van der Waals surface area (Å²) in [5.74, 6) is -0.0848. The number of ether oxygens (including phenoxy) is 1. The molecule has 7 heteroatoms. The molecule has 3 heterocycles. The van der Waals surface area contributed by atoms with Crippen molar-refractivity contribution in [2.24, 2.45) is 0 Å². The second kappa shape index (κ2) is 7.25. The minimum atomic E-state index is -0.682. The van der Waals surface area contributed by atoms with Crippen LogP contribution in [0.4, 0.5) is 4.79 Å². The molecule has 0 radical (unpaired) electrons. The summed E-state index contributed by atoms with van der Waals surface area (Å²) in [5, 5.41) is 13.3. The summed E-state index contributed by atoms with van der Waals surface area (Å²) >= 11 is 1.33. The molecule has 0 atom stereocenters. The molecule has 3 aliphatic rings. The number of aliphatic hydroxyl groups excluding tert-OH is 1. The zero-order valence-corrected chi connectivity index (χ0v) is 17.1. The van der Waals surface area contributed by atoms with E-state index in [0.717, 1.165) is 16.8 Å². The Bertz CT molecular complexity index is 1040. The zero-order valence-electron chi connectivity index (χ0n) is 16.3. The van der Waals surface area contributed by atoms with Crippen molar-refractivity contribution in [3.8, 4) is 11.3 Å². The SMILES string of the molecule is CC(C)(C)OC(=O)N1C(=C(O)c2cc3cc[cH-]cc-3n2)C=[S+][C-]1c1cccnc1. The van der Waals surface area contributed by atoms with E-state index in [1.165, 1.54) is 16.3 Å². The van der Waals surface area contributed by atoms with Gasteiger partial charge in [0, 0.05) is 0 Å². The van der Waals surface area contributed by atoms with Crippen molar-refractivity contribution >= 4 is 28.6 Å². The number of nitrogens with zero attached hydrogens (tertiary/aromatic N) is 3. The summed E-state index contributed by atoms with van der Waals surface area (Å²) in [5.41, 5.74) is 2.49. The lowest BCUT2D eigenvalue weighted by Gasteiger charge is -2.27. The Hall–Kier alpha value is -3.32. The highest BCUT2D eigenvalue weighted by Gasteiger charge is 2.41.